The molecule has 0 aromatic carbocycles. The van der Waals surface area contributed by atoms with Crippen LogP contribution in [-0.4, -0.2) is 44.7 Å². The number of amides is 3. The monoisotopic (exact) mass is 415 g/mol. The number of rotatable bonds is 6. The summed E-state index contributed by atoms with van der Waals surface area (Å²) in [5, 5.41) is 9.43. The maximum Gasteiger partial charge on any atom is 0.321 e. The van der Waals surface area contributed by atoms with E-state index in [1.54, 1.807) is 4.52 Å². The van der Waals surface area contributed by atoms with Gasteiger partial charge in [-0.15, -0.1) is 0 Å². The van der Waals surface area contributed by atoms with Crippen molar-refractivity contribution in [3.8, 4) is 0 Å². The van der Waals surface area contributed by atoms with Crippen LogP contribution in [0.5, 0.6) is 0 Å². The number of aryl methyl sites for hydroxylation is 3. The van der Waals surface area contributed by atoms with E-state index in [1.165, 1.54) is 6.92 Å². The molecule has 2 aromatic heterocycles. The fraction of sp³-hybridized carbons (Fsp3) is 0.571. The van der Waals surface area contributed by atoms with Crippen LogP contribution in [0.2, 0.25) is 0 Å². The Bertz CT molecular complexity index is 962. The summed E-state index contributed by atoms with van der Waals surface area (Å²) in [6.45, 7) is 7.19. The van der Waals surface area contributed by atoms with Crippen LogP contribution in [0.1, 0.15) is 61.7 Å². The molecule has 9 heteroatoms. The maximum atomic E-state index is 12.2. The van der Waals surface area contributed by atoms with Crippen LogP contribution in [0.25, 0.3) is 5.65 Å². The third kappa shape index (κ3) is 5.14. The van der Waals surface area contributed by atoms with Crippen LogP contribution in [0.4, 0.5) is 4.79 Å². The number of fused-ring (bicyclic) bond motifs is 1. The van der Waals surface area contributed by atoms with E-state index in [0.717, 1.165) is 54.0 Å². The van der Waals surface area contributed by atoms with Gasteiger partial charge in [-0.3, -0.25) is 14.9 Å². The normalized spacial score (nSPS) is 15.2. The third-order valence-corrected chi connectivity index (χ3v) is 5.47. The highest BCUT2D eigenvalue weighted by Gasteiger charge is 2.23. The molecule has 1 saturated carbocycles. The van der Waals surface area contributed by atoms with Gasteiger partial charge in [0, 0.05) is 29.9 Å². The minimum atomic E-state index is -1.05. The minimum absolute atomic E-state index is 0.0982. The molecule has 30 heavy (non-hydrogen) atoms. The number of esters is 1. The molecule has 0 radical (unpaired) electrons. The van der Waals surface area contributed by atoms with Crippen LogP contribution < -0.4 is 10.6 Å². The van der Waals surface area contributed by atoms with Gasteiger partial charge in [-0.05, 0) is 52.5 Å². The molecule has 3 amide bonds. The Hall–Kier alpha value is -2.97. The summed E-state index contributed by atoms with van der Waals surface area (Å²) < 4.78 is 6.97. The topological polar surface area (TPSA) is 115 Å². The first-order valence-corrected chi connectivity index (χ1v) is 10.4. The van der Waals surface area contributed by atoms with Crippen molar-refractivity contribution in [2.45, 2.75) is 78.4 Å². The minimum Gasteiger partial charge on any atom is -0.453 e. The van der Waals surface area contributed by atoms with Gasteiger partial charge in [-0.25, -0.2) is 14.3 Å². The maximum absolute atomic E-state index is 12.2. The summed E-state index contributed by atoms with van der Waals surface area (Å²) in [7, 11) is 0. The zero-order valence-corrected chi connectivity index (χ0v) is 17.9. The summed E-state index contributed by atoms with van der Waals surface area (Å²) in [5.74, 6) is -1.15. The van der Waals surface area contributed by atoms with Crippen LogP contribution in [-0.2, 0) is 20.7 Å². The third-order valence-electron chi connectivity index (χ3n) is 5.47. The van der Waals surface area contributed by atoms with Gasteiger partial charge in [0.25, 0.3) is 5.91 Å². The molecule has 0 spiro atoms. The second kappa shape index (κ2) is 9.23. The van der Waals surface area contributed by atoms with Gasteiger partial charge in [0.05, 0.1) is 5.69 Å². The number of nitrogens with zero attached hydrogens (tertiary/aromatic N) is 3. The Kier molecular flexibility index (Phi) is 6.69. The molecule has 2 N–H and O–H groups in total. The standard InChI is InChI=1S/C21H29N5O4/c1-12-11-18-22-13(2)17(14(3)26(18)25-12)9-10-19(27)30-15(4)20(28)24-21(29)23-16-7-5-6-8-16/h11,15-16H,5-10H2,1-4H3,(H2,23,24,28,29)/t15-/m1/s1. The first-order valence-electron chi connectivity index (χ1n) is 10.4. The van der Waals surface area contributed by atoms with Gasteiger partial charge in [-0.1, -0.05) is 12.8 Å². The van der Waals surface area contributed by atoms with E-state index in [0.29, 0.717) is 6.42 Å². The molecule has 0 aliphatic heterocycles. The molecule has 1 fully saturated rings. The van der Waals surface area contributed by atoms with Gasteiger partial charge in [0.1, 0.15) is 0 Å². The van der Waals surface area contributed by atoms with Crippen molar-refractivity contribution in [2.75, 3.05) is 0 Å². The van der Waals surface area contributed by atoms with Crippen LogP contribution in [0, 0.1) is 20.8 Å². The Morgan fingerprint density at radius 2 is 1.93 bits per heavy atom. The van der Waals surface area contributed by atoms with Crippen LogP contribution in [0.3, 0.4) is 0 Å². The van der Waals surface area contributed by atoms with Crippen molar-refractivity contribution in [1.29, 1.82) is 0 Å². The average molecular weight is 415 g/mol. The number of aromatic nitrogens is 3. The number of imide groups is 1. The van der Waals surface area contributed by atoms with E-state index in [9.17, 15) is 14.4 Å². The molecular formula is C21H29N5O4. The highest BCUT2D eigenvalue weighted by molar-refractivity contribution is 5.97. The molecule has 0 saturated heterocycles. The summed E-state index contributed by atoms with van der Waals surface area (Å²) in [6.07, 6.45) is 3.47. The summed E-state index contributed by atoms with van der Waals surface area (Å²) >= 11 is 0. The number of ether oxygens (including phenoxy) is 1. The molecule has 0 unspecified atom stereocenters. The van der Waals surface area contributed by atoms with E-state index in [-0.39, 0.29) is 12.5 Å². The molecule has 2 heterocycles. The first-order chi connectivity index (χ1) is 14.2. The van der Waals surface area contributed by atoms with Crippen molar-refractivity contribution in [3.63, 3.8) is 0 Å². The quantitative estimate of drug-likeness (QED) is 0.700. The van der Waals surface area contributed by atoms with E-state index in [1.807, 2.05) is 26.8 Å². The second-order valence-corrected chi connectivity index (χ2v) is 7.89. The van der Waals surface area contributed by atoms with E-state index in [4.69, 9.17) is 4.74 Å². The predicted octanol–water partition coefficient (Wildman–Crippen LogP) is 2.29. The highest BCUT2D eigenvalue weighted by Crippen LogP contribution is 2.18. The lowest BCUT2D eigenvalue weighted by molar-refractivity contribution is -0.154. The zero-order valence-electron chi connectivity index (χ0n) is 17.9. The summed E-state index contributed by atoms with van der Waals surface area (Å²) in [5.41, 5.74) is 4.33. The van der Waals surface area contributed by atoms with Crippen molar-refractivity contribution in [3.05, 3.63) is 28.7 Å². The Balaban J connectivity index is 1.50. The Morgan fingerprint density at radius 1 is 1.23 bits per heavy atom. The second-order valence-electron chi connectivity index (χ2n) is 7.89. The highest BCUT2D eigenvalue weighted by atomic mass is 16.5. The van der Waals surface area contributed by atoms with Crippen molar-refractivity contribution in [2.24, 2.45) is 0 Å². The largest absolute Gasteiger partial charge is 0.453 e. The summed E-state index contributed by atoms with van der Waals surface area (Å²) in [6, 6.07) is 1.46. The fourth-order valence-corrected chi connectivity index (χ4v) is 3.84. The van der Waals surface area contributed by atoms with Gasteiger partial charge in [0.2, 0.25) is 0 Å². The van der Waals surface area contributed by atoms with Crippen LogP contribution >= 0.6 is 0 Å². The lowest BCUT2D eigenvalue weighted by atomic mass is 10.1. The zero-order chi connectivity index (χ0) is 21.8. The number of nitrogens with one attached hydrogen (secondary N) is 2. The van der Waals surface area contributed by atoms with Gasteiger partial charge in [-0.2, -0.15) is 5.10 Å². The van der Waals surface area contributed by atoms with E-state index in [2.05, 4.69) is 20.7 Å². The number of carbonyl (C=O) groups is 3. The van der Waals surface area contributed by atoms with E-state index < -0.39 is 24.0 Å². The van der Waals surface area contributed by atoms with Gasteiger partial charge < -0.3 is 10.1 Å². The number of urea groups is 1. The molecule has 1 aliphatic carbocycles. The van der Waals surface area contributed by atoms with Gasteiger partial charge >= 0.3 is 12.0 Å². The Labute approximate surface area is 175 Å². The molecule has 1 atom stereocenters. The van der Waals surface area contributed by atoms with Crippen LogP contribution in [0.15, 0.2) is 6.07 Å². The number of carbonyl (C=O) groups excluding carboxylic acids is 3. The average Bonchev–Trinajstić information content (AvgIpc) is 3.30. The number of hydrogen-bond acceptors (Lipinski definition) is 6. The summed E-state index contributed by atoms with van der Waals surface area (Å²) in [4.78, 5) is 40.8. The molecule has 9 nitrogen and oxygen atoms in total. The fourth-order valence-electron chi connectivity index (χ4n) is 3.84. The lowest BCUT2D eigenvalue weighted by Crippen LogP contribution is -2.47. The van der Waals surface area contributed by atoms with Gasteiger partial charge in [0.15, 0.2) is 11.8 Å². The molecule has 162 valence electrons. The molecule has 1 aliphatic rings. The molecule has 2 aromatic rings. The SMILES string of the molecule is Cc1cc2nc(C)c(CCC(=O)O[C@H](C)C(=O)NC(=O)NC3CCCC3)c(C)n2n1. The smallest absolute Gasteiger partial charge is 0.321 e. The number of hydrogen-bond donors (Lipinski definition) is 2. The first kappa shape index (κ1) is 21.7. The van der Waals surface area contributed by atoms with Crippen molar-refractivity contribution >= 4 is 23.6 Å². The predicted molar refractivity (Wildman–Crippen MR) is 110 cm³/mol. The lowest BCUT2D eigenvalue weighted by Gasteiger charge is -2.16. The van der Waals surface area contributed by atoms with E-state index >= 15 is 0 Å². The van der Waals surface area contributed by atoms with Crippen molar-refractivity contribution < 1.29 is 19.1 Å². The molecule has 3 rings (SSSR count). The van der Waals surface area contributed by atoms with Crippen molar-refractivity contribution in [1.82, 2.24) is 25.2 Å². The Morgan fingerprint density at radius 3 is 2.63 bits per heavy atom. The molecule has 0 bridgehead atoms. The molecular weight excluding hydrogens is 386 g/mol.